The second-order valence-corrected chi connectivity index (χ2v) is 8.27. The molecule has 1 aliphatic carbocycles. The first kappa shape index (κ1) is 21.9. The summed E-state index contributed by atoms with van der Waals surface area (Å²) in [7, 11) is 4.24. The van der Waals surface area contributed by atoms with Crippen molar-refractivity contribution in [2.24, 2.45) is 5.92 Å². The SMILES string of the molecule is COC(=O)[C@H]1[C@@H](c2ccccc2)[C@]2(c3ccc(OC)cc3)Oc3cc(OC)cnc3[C@@]1(O)C2=O. The molecule has 5 rings (SSSR count). The van der Waals surface area contributed by atoms with E-state index in [1.807, 2.05) is 6.07 Å². The predicted molar refractivity (Wildman–Crippen MR) is 120 cm³/mol. The number of methoxy groups -OCH3 is 3. The maximum absolute atomic E-state index is 14.2. The third-order valence-corrected chi connectivity index (χ3v) is 6.73. The van der Waals surface area contributed by atoms with Crippen molar-refractivity contribution in [2.45, 2.75) is 17.1 Å². The third-order valence-electron chi connectivity index (χ3n) is 6.73. The second kappa shape index (κ2) is 7.85. The van der Waals surface area contributed by atoms with Crippen LogP contribution in [0, 0.1) is 5.92 Å². The van der Waals surface area contributed by atoms with E-state index in [2.05, 4.69) is 4.98 Å². The number of ketones is 1. The number of ether oxygens (including phenoxy) is 4. The number of esters is 1. The van der Waals surface area contributed by atoms with Crippen LogP contribution in [0.2, 0.25) is 0 Å². The Morgan fingerprint density at radius 3 is 2.29 bits per heavy atom. The summed E-state index contributed by atoms with van der Waals surface area (Å²) >= 11 is 0. The summed E-state index contributed by atoms with van der Waals surface area (Å²) in [4.78, 5) is 31.8. The van der Waals surface area contributed by atoms with Gasteiger partial charge in [0.25, 0.3) is 0 Å². The average Bonchev–Trinajstić information content (AvgIpc) is 3.01. The van der Waals surface area contributed by atoms with Gasteiger partial charge in [0.15, 0.2) is 5.60 Å². The molecule has 2 bridgehead atoms. The minimum Gasteiger partial charge on any atom is -0.497 e. The Morgan fingerprint density at radius 2 is 1.68 bits per heavy atom. The van der Waals surface area contributed by atoms with Crippen LogP contribution in [0.3, 0.4) is 0 Å². The molecule has 1 aromatic heterocycles. The predicted octanol–water partition coefficient (Wildman–Crippen LogP) is 2.73. The molecule has 3 aromatic rings. The molecule has 2 aromatic carbocycles. The van der Waals surface area contributed by atoms with E-state index in [-0.39, 0.29) is 11.4 Å². The number of benzene rings is 2. The molecule has 1 saturated carbocycles. The van der Waals surface area contributed by atoms with Crippen LogP contribution in [0.4, 0.5) is 0 Å². The van der Waals surface area contributed by atoms with Crippen LogP contribution in [-0.4, -0.2) is 43.2 Å². The van der Waals surface area contributed by atoms with E-state index in [9.17, 15) is 14.7 Å². The van der Waals surface area contributed by atoms with Crippen LogP contribution >= 0.6 is 0 Å². The lowest BCUT2D eigenvalue weighted by atomic mass is 9.75. The number of hydrogen-bond donors (Lipinski definition) is 1. The molecular weight excluding hydrogens is 438 g/mol. The van der Waals surface area contributed by atoms with E-state index in [1.165, 1.54) is 27.5 Å². The van der Waals surface area contributed by atoms with Gasteiger partial charge in [-0.1, -0.05) is 42.5 Å². The fourth-order valence-corrected chi connectivity index (χ4v) is 5.21. The van der Waals surface area contributed by atoms with Crippen LogP contribution < -0.4 is 14.2 Å². The van der Waals surface area contributed by atoms with E-state index in [1.54, 1.807) is 54.6 Å². The number of carbonyl (C=O) groups is 2. The highest BCUT2D eigenvalue weighted by Crippen LogP contribution is 2.64. The molecule has 2 aliphatic rings. The van der Waals surface area contributed by atoms with Gasteiger partial charge in [0.1, 0.15) is 28.9 Å². The van der Waals surface area contributed by atoms with Crippen molar-refractivity contribution in [1.29, 1.82) is 0 Å². The van der Waals surface area contributed by atoms with Crippen LogP contribution in [0.15, 0.2) is 66.9 Å². The molecule has 1 aliphatic heterocycles. The fourth-order valence-electron chi connectivity index (χ4n) is 5.21. The van der Waals surface area contributed by atoms with Crippen LogP contribution in [0.25, 0.3) is 0 Å². The number of rotatable bonds is 5. The molecule has 0 amide bonds. The van der Waals surface area contributed by atoms with Crippen molar-refractivity contribution in [2.75, 3.05) is 21.3 Å². The number of aromatic nitrogens is 1. The van der Waals surface area contributed by atoms with E-state index >= 15 is 0 Å². The molecule has 4 atom stereocenters. The summed E-state index contributed by atoms with van der Waals surface area (Å²) in [6, 6.07) is 17.4. The van der Waals surface area contributed by atoms with Crippen molar-refractivity contribution in [3.8, 4) is 17.2 Å². The minimum atomic E-state index is -2.28. The molecule has 0 unspecified atom stereocenters. The smallest absolute Gasteiger partial charge is 0.313 e. The van der Waals surface area contributed by atoms with E-state index in [4.69, 9.17) is 18.9 Å². The number of Topliss-reactive ketones (excluding diaryl/α,β-unsaturated/α-hetero) is 1. The molecule has 8 heteroatoms. The molecule has 1 fully saturated rings. The molecule has 0 spiro atoms. The van der Waals surface area contributed by atoms with Crippen molar-refractivity contribution >= 4 is 11.8 Å². The van der Waals surface area contributed by atoms with Crippen molar-refractivity contribution in [3.05, 3.63) is 83.7 Å². The maximum atomic E-state index is 14.2. The summed E-state index contributed by atoms with van der Waals surface area (Å²) in [5.74, 6) is -2.52. The van der Waals surface area contributed by atoms with Crippen LogP contribution in [0.5, 0.6) is 17.2 Å². The van der Waals surface area contributed by atoms with Crippen molar-refractivity contribution in [3.63, 3.8) is 0 Å². The second-order valence-electron chi connectivity index (χ2n) is 8.27. The zero-order chi connectivity index (χ0) is 24.1. The molecular formula is C26H23NO7. The standard InChI is InChI=1S/C26H23NO7/c1-31-17-11-9-16(10-12-17)26-20(15-7-5-4-6-8-15)21(23(28)33-3)25(30,24(26)29)22-19(34-26)13-18(32-2)14-27-22/h4-14,20-21,30H,1-3H3/t20-,21-,25-,26+/m1/s1. The van der Waals surface area contributed by atoms with Gasteiger partial charge in [-0.2, -0.15) is 0 Å². The summed E-state index contributed by atoms with van der Waals surface area (Å²) in [5, 5.41) is 12.1. The zero-order valence-corrected chi connectivity index (χ0v) is 18.8. The molecule has 34 heavy (non-hydrogen) atoms. The van der Waals surface area contributed by atoms with Gasteiger partial charge < -0.3 is 24.1 Å². The molecule has 0 saturated heterocycles. The quantitative estimate of drug-likeness (QED) is 0.579. The Balaban J connectivity index is 1.86. The first-order valence-corrected chi connectivity index (χ1v) is 10.7. The number of aliphatic hydroxyl groups is 1. The molecule has 2 heterocycles. The van der Waals surface area contributed by atoms with Gasteiger partial charge in [-0.15, -0.1) is 0 Å². The monoisotopic (exact) mass is 461 g/mol. The largest absolute Gasteiger partial charge is 0.497 e. The van der Waals surface area contributed by atoms with Gasteiger partial charge in [0.05, 0.1) is 33.4 Å². The van der Waals surface area contributed by atoms with Gasteiger partial charge in [0, 0.05) is 11.6 Å². The van der Waals surface area contributed by atoms with Gasteiger partial charge >= 0.3 is 5.97 Å². The van der Waals surface area contributed by atoms with Gasteiger partial charge in [-0.25, -0.2) is 4.98 Å². The van der Waals surface area contributed by atoms with Gasteiger partial charge in [-0.05, 0) is 17.7 Å². The summed E-state index contributed by atoms with van der Waals surface area (Å²) in [6.07, 6.45) is 1.37. The summed E-state index contributed by atoms with van der Waals surface area (Å²) in [6.45, 7) is 0. The average molecular weight is 461 g/mol. The zero-order valence-electron chi connectivity index (χ0n) is 18.8. The van der Waals surface area contributed by atoms with E-state index in [0.717, 1.165) is 0 Å². The van der Waals surface area contributed by atoms with Gasteiger partial charge in [-0.3, -0.25) is 9.59 Å². The number of hydrogen-bond acceptors (Lipinski definition) is 8. The summed E-state index contributed by atoms with van der Waals surface area (Å²) < 4.78 is 22.2. The number of carbonyl (C=O) groups excluding carboxylic acids is 2. The molecule has 8 nitrogen and oxygen atoms in total. The summed E-state index contributed by atoms with van der Waals surface area (Å²) in [5.41, 5.74) is -2.96. The Bertz CT molecular complexity index is 1260. The van der Waals surface area contributed by atoms with Gasteiger partial charge in [0.2, 0.25) is 11.4 Å². The van der Waals surface area contributed by atoms with Crippen LogP contribution in [0.1, 0.15) is 22.7 Å². The highest BCUT2D eigenvalue weighted by Gasteiger charge is 2.77. The highest BCUT2D eigenvalue weighted by atomic mass is 16.5. The Hall–Kier alpha value is -3.91. The Kier molecular flexibility index (Phi) is 5.06. The Morgan fingerprint density at radius 1 is 1.00 bits per heavy atom. The number of pyridine rings is 1. The topological polar surface area (TPSA) is 104 Å². The first-order chi connectivity index (χ1) is 16.4. The van der Waals surface area contributed by atoms with Crippen molar-refractivity contribution < 1.29 is 33.6 Å². The van der Waals surface area contributed by atoms with Crippen molar-refractivity contribution in [1.82, 2.24) is 4.98 Å². The molecule has 174 valence electrons. The minimum absolute atomic E-state index is 0.0451. The third kappa shape index (κ3) is 2.78. The van der Waals surface area contributed by atoms with E-state index in [0.29, 0.717) is 22.6 Å². The molecule has 1 N–H and O–H groups in total. The molecule has 0 radical (unpaired) electrons. The fraction of sp³-hybridized carbons (Fsp3) is 0.269. The lowest BCUT2D eigenvalue weighted by molar-refractivity contribution is -0.163. The lowest BCUT2D eigenvalue weighted by Crippen LogP contribution is -2.51. The Labute approximate surface area is 196 Å². The number of nitrogens with zero attached hydrogens (tertiary/aromatic N) is 1. The maximum Gasteiger partial charge on any atom is 0.313 e. The number of fused-ring (bicyclic) bond motifs is 4. The normalized spacial score (nSPS) is 26.9. The lowest BCUT2D eigenvalue weighted by Gasteiger charge is -2.38. The first-order valence-electron chi connectivity index (χ1n) is 10.7. The van der Waals surface area contributed by atoms with E-state index < -0.39 is 34.8 Å². The van der Waals surface area contributed by atoms with Crippen LogP contribution in [-0.2, 0) is 25.5 Å². The highest BCUT2D eigenvalue weighted by molar-refractivity contribution is 6.06.